The second-order valence-electron chi connectivity index (χ2n) is 6.71. The summed E-state index contributed by atoms with van der Waals surface area (Å²) in [5, 5.41) is 1.78. The average molecular weight is 405 g/mol. The van der Waals surface area contributed by atoms with Crippen LogP contribution >= 0.6 is 0 Å². The van der Waals surface area contributed by atoms with Crippen LogP contribution in [0.15, 0.2) is 36.4 Å². The van der Waals surface area contributed by atoms with Crippen LogP contribution in [-0.4, -0.2) is 63.0 Å². The number of esters is 1. The van der Waals surface area contributed by atoms with Crippen molar-refractivity contribution in [3.63, 3.8) is 0 Å². The molecule has 0 aliphatic carbocycles. The van der Waals surface area contributed by atoms with E-state index in [1.54, 1.807) is 19.1 Å². The van der Waals surface area contributed by atoms with Crippen LogP contribution in [0.3, 0.4) is 0 Å². The molecule has 1 amide bonds. The highest BCUT2D eigenvalue weighted by Gasteiger charge is 2.34. The normalized spacial score (nSPS) is 18.0. The van der Waals surface area contributed by atoms with Crippen LogP contribution in [0, 0.1) is 0 Å². The number of rotatable bonds is 6. The lowest BCUT2D eigenvalue weighted by Gasteiger charge is -2.26. The van der Waals surface area contributed by atoms with Crippen molar-refractivity contribution in [1.29, 1.82) is 0 Å². The molecule has 1 fully saturated rings. The van der Waals surface area contributed by atoms with E-state index in [0.29, 0.717) is 18.7 Å². The standard InChI is InChI=1S/C20H23NO6S/c1-3-21(16-8-9-28(24,25)13-16)19(22)12-27-20(23)17-10-14-6-4-5-7-15(14)11-18(17)26-2/h4-7,10-11,16H,3,8-9,12-13H2,1-2H3/t16-/m0/s1. The summed E-state index contributed by atoms with van der Waals surface area (Å²) in [5.41, 5.74) is 0.237. The van der Waals surface area contributed by atoms with Gasteiger partial charge in [-0.2, -0.15) is 0 Å². The molecule has 0 N–H and O–H groups in total. The second kappa shape index (κ2) is 8.18. The molecular weight excluding hydrogens is 382 g/mol. The van der Waals surface area contributed by atoms with E-state index in [0.717, 1.165) is 10.8 Å². The van der Waals surface area contributed by atoms with Gasteiger partial charge in [-0.05, 0) is 36.2 Å². The van der Waals surface area contributed by atoms with E-state index in [-0.39, 0.29) is 23.1 Å². The van der Waals surface area contributed by atoms with Crippen LogP contribution in [0.2, 0.25) is 0 Å². The molecule has 1 atom stereocenters. The molecule has 0 unspecified atom stereocenters. The molecular formula is C20H23NO6S. The number of fused-ring (bicyclic) bond motifs is 1. The quantitative estimate of drug-likeness (QED) is 0.683. The van der Waals surface area contributed by atoms with Crippen molar-refractivity contribution in [2.24, 2.45) is 0 Å². The minimum atomic E-state index is -3.11. The van der Waals surface area contributed by atoms with Gasteiger partial charge in [-0.25, -0.2) is 13.2 Å². The predicted molar refractivity (Wildman–Crippen MR) is 105 cm³/mol. The molecule has 1 aliphatic heterocycles. The minimum Gasteiger partial charge on any atom is -0.496 e. The van der Waals surface area contributed by atoms with Crippen LogP contribution in [0.1, 0.15) is 23.7 Å². The maximum Gasteiger partial charge on any atom is 0.342 e. The van der Waals surface area contributed by atoms with Crippen LogP contribution in [0.25, 0.3) is 10.8 Å². The first-order valence-electron chi connectivity index (χ1n) is 9.08. The summed E-state index contributed by atoms with van der Waals surface area (Å²) in [4.78, 5) is 26.5. The third-order valence-corrected chi connectivity index (χ3v) is 6.68. The predicted octanol–water partition coefficient (Wildman–Crippen LogP) is 2.04. The van der Waals surface area contributed by atoms with E-state index in [4.69, 9.17) is 9.47 Å². The lowest BCUT2D eigenvalue weighted by molar-refractivity contribution is -0.136. The lowest BCUT2D eigenvalue weighted by atomic mass is 10.1. The summed E-state index contributed by atoms with van der Waals surface area (Å²) < 4.78 is 33.9. The third-order valence-electron chi connectivity index (χ3n) is 4.92. The molecule has 2 aromatic carbocycles. The van der Waals surface area contributed by atoms with Crippen molar-refractivity contribution in [2.75, 3.05) is 31.8 Å². The van der Waals surface area contributed by atoms with Gasteiger partial charge in [-0.3, -0.25) is 4.79 Å². The number of sulfone groups is 1. The Kier molecular flexibility index (Phi) is 5.88. The van der Waals surface area contributed by atoms with Crippen molar-refractivity contribution in [3.05, 3.63) is 42.0 Å². The SMILES string of the molecule is CCN(C(=O)COC(=O)c1cc2ccccc2cc1OC)[C@H]1CCS(=O)(=O)C1. The highest BCUT2D eigenvalue weighted by Crippen LogP contribution is 2.26. The van der Waals surface area contributed by atoms with E-state index in [2.05, 4.69) is 0 Å². The molecule has 1 aliphatic rings. The number of hydrogen-bond donors (Lipinski definition) is 0. The number of amides is 1. The highest BCUT2D eigenvalue weighted by molar-refractivity contribution is 7.91. The molecule has 3 rings (SSSR count). The maximum atomic E-state index is 12.5. The number of hydrogen-bond acceptors (Lipinski definition) is 6. The Morgan fingerprint density at radius 1 is 1.18 bits per heavy atom. The first kappa shape index (κ1) is 20.1. The first-order valence-corrected chi connectivity index (χ1v) is 10.9. The molecule has 7 nitrogen and oxygen atoms in total. The Bertz CT molecular complexity index is 1000. The van der Waals surface area contributed by atoms with Crippen molar-refractivity contribution in [1.82, 2.24) is 4.90 Å². The lowest BCUT2D eigenvalue weighted by Crippen LogP contribution is -2.43. The van der Waals surface area contributed by atoms with E-state index in [9.17, 15) is 18.0 Å². The van der Waals surface area contributed by atoms with Gasteiger partial charge in [0.25, 0.3) is 5.91 Å². The summed E-state index contributed by atoms with van der Waals surface area (Å²) in [6.45, 7) is 1.69. The number of nitrogens with zero attached hydrogens (tertiary/aromatic N) is 1. The zero-order valence-electron chi connectivity index (χ0n) is 15.9. The Morgan fingerprint density at radius 3 is 2.43 bits per heavy atom. The van der Waals surface area contributed by atoms with Gasteiger partial charge < -0.3 is 14.4 Å². The van der Waals surface area contributed by atoms with E-state index < -0.39 is 28.3 Å². The van der Waals surface area contributed by atoms with Crippen molar-refractivity contribution >= 4 is 32.5 Å². The summed E-state index contributed by atoms with van der Waals surface area (Å²) >= 11 is 0. The number of methoxy groups -OCH3 is 1. The fourth-order valence-electron chi connectivity index (χ4n) is 3.50. The number of carbonyl (C=O) groups is 2. The van der Waals surface area contributed by atoms with Gasteiger partial charge in [0.2, 0.25) is 0 Å². The Morgan fingerprint density at radius 2 is 1.86 bits per heavy atom. The number of likely N-dealkylation sites (N-methyl/N-ethyl adjacent to an activating group) is 1. The Labute approximate surface area is 164 Å². The summed E-state index contributed by atoms with van der Waals surface area (Å²) in [6, 6.07) is 10.6. The fourth-order valence-corrected chi connectivity index (χ4v) is 5.23. The monoisotopic (exact) mass is 405 g/mol. The van der Waals surface area contributed by atoms with Gasteiger partial charge in [0, 0.05) is 12.6 Å². The van der Waals surface area contributed by atoms with Crippen LogP contribution in [0.4, 0.5) is 0 Å². The van der Waals surface area contributed by atoms with Gasteiger partial charge in [-0.1, -0.05) is 24.3 Å². The topological polar surface area (TPSA) is 90.0 Å². The number of carbonyl (C=O) groups excluding carboxylic acids is 2. The Hall–Kier alpha value is -2.61. The third kappa shape index (κ3) is 4.27. The van der Waals surface area contributed by atoms with Crippen LogP contribution < -0.4 is 4.74 Å². The zero-order valence-corrected chi connectivity index (χ0v) is 16.7. The van der Waals surface area contributed by atoms with E-state index in [1.807, 2.05) is 24.3 Å². The van der Waals surface area contributed by atoms with E-state index in [1.165, 1.54) is 12.0 Å². The molecule has 0 saturated carbocycles. The molecule has 1 heterocycles. The van der Waals surface area contributed by atoms with Gasteiger partial charge in [0.1, 0.15) is 11.3 Å². The highest BCUT2D eigenvalue weighted by atomic mass is 32.2. The number of ether oxygens (including phenoxy) is 2. The molecule has 150 valence electrons. The van der Waals surface area contributed by atoms with Gasteiger partial charge >= 0.3 is 5.97 Å². The summed E-state index contributed by atoms with van der Waals surface area (Å²) in [5.74, 6) is -0.664. The molecule has 0 radical (unpaired) electrons. The molecule has 2 aromatic rings. The van der Waals surface area contributed by atoms with Crippen molar-refractivity contribution in [2.45, 2.75) is 19.4 Å². The molecule has 0 bridgehead atoms. The zero-order chi connectivity index (χ0) is 20.3. The number of benzene rings is 2. The molecule has 0 aromatic heterocycles. The first-order chi connectivity index (χ1) is 13.3. The van der Waals surface area contributed by atoms with Gasteiger partial charge in [0.15, 0.2) is 16.4 Å². The summed E-state index contributed by atoms with van der Waals surface area (Å²) in [6.07, 6.45) is 0.411. The molecule has 28 heavy (non-hydrogen) atoms. The van der Waals surface area contributed by atoms with Gasteiger partial charge in [-0.15, -0.1) is 0 Å². The second-order valence-corrected chi connectivity index (χ2v) is 8.94. The minimum absolute atomic E-state index is 0.0426. The van der Waals surface area contributed by atoms with E-state index >= 15 is 0 Å². The molecule has 0 spiro atoms. The van der Waals surface area contributed by atoms with Crippen molar-refractivity contribution < 1.29 is 27.5 Å². The smallest absolute Gasteiger partial charge is 0.342 e. The maximum absolute atomic E-state index is 12.5. The van der Waals surface area contributed by atoms with Crippen molar-refractivity contribution in [3.8, 4) is 5.75 Å². The van der Waals surface area contributed by atoms with Gasteiger partial charge in [0.05, 0.1) is 18.6 Å². The largest absolute Gasteiger partial charge is 0.496 e. The summed E-state index contributed by atoms with van der Waals surface area (Å²) in [7, 11) is -1.64. The van der Waals surface area contributed by atoms with Crippen LogP contribution in [-0.2, 0) is 19.4 Å². The molecule has 8 heteroatoms. The average Bonchev–Trinajstić information content (AvgIpc) is 3.04. The Balaban J connectivity index is 1.71. The van der Waals surface area contributed by atoms with Crippen LogP contribution in [0.5, 0.6) is 5.75 Å². The fraction of sp³-hybridized carbons (Fsp3) is 0.400. The molecule has 1 saturated heterocycles.